The highest BCUT2D eigenvalue weighted by molar-refractivity contribution is 5.82. The van der Waals surface area contributed by atoms with E-state index in [0.29, 0.717) is 6.04 Å². The Morgan fingerprint density at radius 1 is 0.952 bits per heavy atom. The Morgan fingerprint density at radius 3 is 2.05 bits per heavy atom. The second-order valence-corrected chi connectivity index (χ2v) is 6.19. The van der Waals surface area contributed by atoms with Crippen LogP contribution in [0.3, 0.4) is 0 Å². The molecule has 1 fully saturated rings. The molecular formula is C19H20N2. The highest BCUT2D eigenvalue weighted by atomic mass is 15.3. The molecule has 2 nitrogen and oxygen atoms in total. The summed E-state index contributed by atoms with van der Waals surface area (Å²) in [5.74, 6) is 1.20. The largest absolute Gasteiger partial charge is 0.354 e. The van der Waals surface area contributed by atoms with E-state index in [2.05, 4.69) is 77.5 Å². The van der Waals surface area contributed by atoms with Crippen LogP contribution in [-0.2, 0) is 5.41 Å². The zero-order valence-corrected chi connectivity index (χ0v) is 12.4. The minimum absolute atomic E-state index is 0.102. The molecule has 0 radical (unpaired) electrons. The second kappa shape index (κ2) is 4.73. The number of hydrogen-bond donors (Lipinski definition) is 0. The molecule has 2 aliphatic heterocycles. The summed E-state index contributed by atoms with van der Waals surface area (Å²) in [4.78, 5) is 7.12. The van der Waals surface area contributed by atoms with Crippen LogP contribution in [-0.4, -0.2) is 29.9 Å². The molecular weight excluding hydrogens is 256 g/mol. The Labute approximate surface area is 126 Å². The third-order valence-corrected chi connectivity index (χ3v) is 5.06. The van der Waals surface area contributed by atoms with Crippen molar-refractivity contribution in [2.24, 2.45) is 4.99 Å². The van der Waals surface area contributed by atoms with Gasteiger partial charge in [0.15, 0.2) is 0 Å². The number of fused-ring (bicyclic) bond motifs is 1. The lowest BCUT2D eigenvalue weighted by molar-refractivity contribution is 0.422. The van der Waals surface area contributed by atoms with Gasteiger partial charge in [0.25, 0.3) is 0 Å². The van der Waals surface area contributed by atoms with Gasteiger partial charge in [-0.1, -0.05) is 60.7 Å². The van der Waals surface area contributed by atoms with Crippen LogP contribution >= 0.6 is 0 Å². The van der Waals surface area contributed by atoms with E-state index in [1.54, 1.807) is 0 Å². The first-order valence-electron chi connectivity index (χ1n) is 7.68. The number of benzene rings is 2. The van der Waals surface area contributed by atoms with Gasteiger partial charge in [-0.2, -0.15) is 0 Å². The molecule has 0 aliphatic carbocycles. The van der Waals surface area contributed by atoms with Gasteiger partial charge in [-0.25, -0.2) is 0 Å². The fraction of sp³-hybridized carbons (Fsp3) is 0.316. The minimum atomic E-state index is 0.102. The number of amidine groups is 1. The van der Waals surface area contributed by atoms with E-state index in [1.165, 1.54) is 17.0 Å². The molecule has 2 aromatic carbocycles. The standard InChI is InChI=1S/C19H20N2/c1-15-20-13-18-12-19(14-21(15)18,16-8-4-2-5-9-16)17-10-6-3-7-11-17/h2-11,18H,12-14H2,1H3. The maximum atomic E-state index is 4.62. The topological polar surface area (TPSA) is 15.6 Å². The molecule has 1 saturated heterocycles. The zero-order valence-electron chi connectivity index (χ0n) is 12.4. The summed E-state index contributed by atoms with van der Waals surface area (Å²) in [6.45, 7) is 4.14. The van der Waals surface area contributed by atoms with E-state index in [0.717, 1.165) is 19.5 Å². The van der Waals surface area contributed by atoms with E-state index in [1.807, 2.05) is 0 Å². The first kappa shape index (κ1) is 12.6. The van der Waals surface area contributed by atoms with Crippen molar-refractivity contribution in [3.8, 4) is 0 Å². The average molecular weight is 276 g/mol. The summed E-state index contributed by atoms with van der Waals surface area (Å²) < 4.78 is 0. The molecule has 2 heterocycles. The van der Waals surface area contributed by atoms with Crippen LogP contribution in [0.25, 0.3) is 0 Å². The van der Waals surface area contributed by atoms with Gasteiger partial charge in [-0.15, -0.1) is 0 Å². The molecule has 21 heavy (non-hydrogen) atoms. The molecule has 0 spiro atoms. The van der Waals surface area contributed by atoms with Crippen molar-refractivity contribution in [3.05, 3.63) is 71.8 Å². The fourth-order valence-electron chi connectivity index (χ4n) is 3.97. The quantitative estimate of drug-likeness (QED) is 0.820. The Kier molecular flexibility index (Phi) is 2.85. The highest BCUT2D eigenvalue weighted by Gasteiger charge is 2.48. The van der Waals surface area contributed by atoms with Crippen molar-refractivity contribution in [2.45, 2.75) is 24.8 Å². The molecule has 4 rings (SSSR count). The number of rotatable bonds is 2. The van der Waals surface area contributed by atoms with Crippen LogP contribution in [0.4, 0.5) is 0 Å². The van der Waals surface area contributed by atoms with E-state index in [-0.39, 0.29) is 5.41 Å². The second-order valence-electron chi connectivity index (χ2n) is 6.19. The molecule has 0 amide bonds. The molecule has 106 valence electrons. The van der Waals surface area contributed by atoms with Crippen LogP contribution in [0.1, 0.15) is 24.5 Å². The van der Waals surface area contributed by atoms with Crippen LogP contribution in [0.15, 0.2) is 65.7 Å². The first-order chi connectivity index (χ1) is 10.3. The summed E-state index contributed by atoms with van der Waals surface area (Å²) in [6, 6.07) is 22.5. The van der Waals surface area contributed by atoms with Crippen LogP contribution in [0.2, 0.25) is 0 Å². The van der Waals surface area contributed by atoms with Crippen molar-refractivity contribution >= 4 is 5.84 Å². The summed E-state index contributed by atoms with van der Waals surface area (Å²) in [5.41, 5.74) is 2.96. The number of nitrogens with zero attached hydrogens (tertiary/aromatic N) is 2. The SMILES string of the molecule is CC1=NCC2CC(c3ccccc3)(c3ccccc3)CN12. The first-order valence-corrected chi connectivity index (χ1v) is 7.68. The smallest absolute Gasteiger partial charge is 0.0961 e. The summed E-state index contributed by atoms with van der Waals surface area (Å²) in [5, 5.41) is 0. The molecule has 2 aromatic rings. The van der Waals surface area contributed by atoms with E-state index >= 15 is 0 Å². The predicted octanol–water partition coefficient (Wildman–Crippen LogP) is 3.48. The molecule has 2 aliphatic rings. The lowest BCUT2D eigenvalue weighted by atomic mass is 9.73. The van der Waals surface area contributed by atoms with E-state index in [4.69, 9.17) is 0 Å². The average Bonchev–Trinajstić information content (AvgIpc) is 3.09. The van der Waals surface area contributed by atoms with Crippen LogP contribution in [0.5, 0.6) is 0 Å². The Morgan fingerprint density at radius 2 is 1.52 bits per heavy atom. The Hall–Kier alpha value is -2.09. The third-order valence-electron chi connectivity index (χ3n) is 5.06. The predicted molar refractivity (Wildman–Crippen MR) is 86.8 cm³/mol. The van der Waals surface area contributed by atoms with Crippen LogP contribution in [0, 0.1) is 0 Å². The van der Waals surface area contributed by atoms with Gasteiger partial charge in [0.05, 0.1) is 18.4 Å². The Bertz CT molecular complexity index is 621. The summed E-state index contributed by atoms with van der Waals surface area (Å²) in [7, 11) is 0. The minimum Gasteiger partial charge on any atom is -0.354 e. The summed E-state index contributed by atoms with van der Waals surface area (Å²) in [6.07, 6.45) is 1.15. The van der Waals surface area contributed by atoms with Gasteiger partial charge in [0.2, 0.25) is 0 Å². The normalized spacial score (nSPS) is 23.0. The summed E-state index contributed by atoms with van der Waals surface area (Å²) >= 11 is 0. The van der Waals surface area contributed by atoms with Gasteiger partial charge in [-0.3, -0.25) is 4.99 Å². The fourth-order valence-corrected chi connectivity index (χ4v) is 3.97. The molecule has 0 bridgehead atoms. The molecule has 0 N–H and O–H groups in total. The lowest BCUT2D eigenvalue weighted by Gasteiger charge is -2.31. The van der Waals surface area contributed by atoms with Crippen molar-refractivity contribution in [3.63, 3.8) is 0 Å². The maximum absolute atomic E-state index is 4.62. The third kappa shape index (κ3) is 1.90. The number of hydrogen-bond acceptors (Lipinski definition) is 2. The van der Waals surface area contributed by atoms with E-state index in [9.17, 15) is 0 Å². The van der Waals surface area contributed by atoms with Gasteiger partial charge in [0, 0.05) is 12.0 Å². The highest BCUT2D eigenvalue weighted by Crippen LogP contribution is 2.44. The zero-order chi connectivity index (χ0) is 14.3. The molecule has 1 unspecified atom stereocenters. The maximum Gasteiger partial charge on any atom is 0.0961 e. The van der Waals surface area contributed by atoms with Gasteiger partial charge >= 0.3 is 0 Å². The van der Waals surface area contributed by atoms with Crippen molar-refractivity contribution in [2.75, 3.05) is 13.1 Å². The lowest BCUT2D eigenvalue weighted by Crippen LogP contribution is -2.34. The Balaban J connectivity index is 1.84. The monoisotopic (exact) mass is 276 g/mol. The van der Waals surface area contributed by atoms with Crippen molar-refractivity contribution in [1.82, 2.24) is 4.90 Å². The van der Waals surface area contributed by atoms with Gasteiger partial charge in [0.1, 0.15) is 0 Å². The molecule has 0 saturated carbocycles. The van der Waals surface area contributed by atoms with Gasteiger partial charge < -0.3 is 4.90 Å². The van der Waals surface area contributed by atoms with Crippen molar-refractivity contribution in [1.29, 1.82) is 0 Å². The van der Waals surface area contributed by atoms with Gasteiger partial charge in [-0.05, 0) is 24.5 Å². The molecule has 2 heteroatoms. The molecule has 0 aromatic heterocycles. The van der Waals surface area contributed by atoms with Crippen LogP contribution < -0.4 is 0 Å². The molecule has 1 atom stereocenters. The van der Waals surface area contributed by atoms with E-state index < -0.39 is 0 Å². The number of aliphatic imine (C=N–C) groups is 1. The van der Waals surface area contributed by atoms with Crippen molar-refractivity contribution < 1.29 is 0 Å².